The van der Waals surface area contributed by atoms with Gasteiger partial charge in [0.05, 0.1) is 32.7 Å². The maximum absolute atomic E-state index is 5.98. The van der Waals surface area contributed by atoms with Gasteiger partial charge in [0.25, 0.3) is 0 Å². The third-order valence-electron chi connectivity index (χ3n) is 3.15. The van der Waals surface area contributed by atoms with Crippen LogP contribution < -0.4 is 25.3 Å². The van der Waals surface area contributed by atoms with Crippen LogP contribution in [0.3, 0.4) is 0 Å². The maximum Gasteiger partial charge on any atom is 0.203 e. The number of ether oxygens (including phenoxy) is 3. The highest BCUT2D eigenvalue weighted by Gasteiger charge is 2.13. The third kappa shape index (κ3) is 3.13. The van der Waals surface area contributed by atoms with E-state index in [9.17, 15) is 0 Å². The van der Waals surface area contributed by atoms with Crippen LogP contribution in [-0.2, 0) is 0 Å². The van der Waals surface area contributed by atoms with Crippen molar-refractivity contribution in [2.45, 2.75) is 6.92 Å². The molecule has 21 heavy (non-hydrogen) atoms. The van der Waals surface area contributed by atoms with Crippen LogP contribution in [0.5, 0.6) is 17.2 Å². The molecule has 0 aliphatic carbocycles. The molecule has 0 aliphatic rings. The first-order valence-electron chi connectivity index (χ1n) is 6.52. The molecule has 0 heterocycles. The van der Waals surface area contributed by atoms with Crippen LogP contribution >= 0.6 is 0 Å². The summed E-state index contributed by atoms with van der Waals surface area (Å²) in [6.07, 6.45) is 0. The number of hydrogen-bond donors (Lipinski definition) is 2. The van der Waals surface area contributed by atoms with Gasteiger partial charge in [0.2, 0.25) is 5.75 Å². The lowest BCUT2D eigenvalue weighted by atomic mass is 10.2. The van der Waals surface area contributed by atoms with E-state index in [-0.39, 0.29) is 0 Å². The van der Waals surface area contributed by atoms with Crippen molar-refractivity contribution >= 4 is 17.1 Å². The molecule has 2 aromatic carbocycles. The van der Waals surface area contributed by atoms with Crippen LogP contribution in [-0.4, -0.2) is 21.3 Å². The SMILES string of the molecule is COc1cc(Nc2cc(C)ccc2N)cc(OC)c1OC. The molecular weight excluding hydrogens is 268 g/mol. The van der Waals surface area contributed by atoms with Gasteiger partial charge in [0.15, 0.2) is 11.5 Å². The lowest BCUT2D eigenvalue weighted by molar-refractivity contribution is 0.324. The predicted molar refractivity (Wildman–Crippen MR) is 85.0 cm³/mol. The molecule has 0 spiro atoms. The van der Waals surface area contributed by atoms with Crippen LogP contribution in [0.15, 0.2) is 30.3 Å². The van der Waals surface area contributed by atoms with E-state index in [0.717, 1.165) is 16.9 Å². The first kappa shape index (κ1) is 14.8. The Hall–Kier alpha value is -2.56. The average Bonchev–Trinajstić information content (AvgIpc) is 2.49. The van der Waals surface area contributed by atoms with Gasteiger partial charge in [-0.25, -0.2) is 0 Å². The van der Waals surface area contributed by atoms with Crippen molar-refractivity contribution in [3.8, 4) is 17.2 Å². The van der Waals surface area contributed by atoms with Gasteiger partial charge in [-0.3, -0.25) is 0 Å². The van der Waals surface area contributed by atoms with Gasteiger partial charge in [-0.2, -0.15) is 0 Å². The van der Waals surface area contributed by atoms with Gasteiger partial charge in [-0.05, 0) is 24.6 Å². The summed E-state index contributed by atoms with van der Waals surface area (Å²) in [5.41, 5.74) is 9.43. The standard InChI is InChI=1S/C16H20N2O3/c1-10-5-6-12(17)13(7-10)18-11-8-14(19-2)16(21-4)15(9-11)20-3/h5-9,18H,17H2,1-4H3. The van der Waals surface area contributed by atoms with E-state index in [1.807, 2.05) is 37.3 Å². The van der Waals surface area contributed by atoms with Gasteiger partial charge >= 0.3 is 0 Å². The second kappa shape index (κ2) is 6.26. The fraction of sp³-hybridized carbons (Fsp3) is 0.250. The molecule has 0 radical (unpaired) electrons. The molecule has 0 amide bonds. The number of nitrogens with two attached hydrogens (primary N) is 1. The molecule has 2 aromatic rings. The predicted octanol–water partition coefficient (Wildman–Crippen LogP) is 3.35. The topological polar surface area (TPSA) is 65.7 Å². The van der Waals surface area contributed by atoms with Gasteiger partial charge in [0, 0.05) is 17.8 Å². The van der Waals surface area contributed by atoms with Crippen molar-refractivity contribution in [2.75, 3.05) is 32.4 Å². The van der Waals surface area contributed by atoms with E-state index < -0.39 is 0 Å². The summed E-state index contributed by atoms with van der Waals surface area (Å²) in [5.74, 6) is 1.74. The van der Waals surface area contributed by atoms with Crippen molar-refractivity contribution in [3.05, 3.63) is 35.9 Å². The Balaban J connectivity index is 2.42. The molecule has 0 aromatic heterocycles. The average molecular weight is 288 g/mol. The summed E-state index contributed by atoms with van der Waals surface area (Å²) in [6.45, 7) is 2.01. The highest BCUT2D eigenvalue weighted by atomic mass is 16.5. The van der Waals surface area contributed by atoms with Crippen LogP contribution in [0.25, 0.3) is 0 Å². The number of nitrogen functional groups attached to an aromatic ring is 1. The summed E-state index contributed by atoms with van der Waals surface area (Å²) in [4.78, 5) is 0. The molecule has 0 fully saturated rings. The number of hydrogen-bond acceptors (Lipinski definition) is 5. The normalized spacial score (nSPS) is 10.1. The van der Waals surface area contributed by atoms with Crippen molar-refractivity contribution < 1.29 is 14.2 Å². The fourth-order valence-electron chi connectivity index (χ4n) is 2.09. The monoisotopic (exact) mass is 288 g/mol. The largest absolute Gasteiger partial charge is 0.493 e. The number of rotatable bonds is 5. The molecule has 0 aliphatic heterocycles. The lowest BCUT2D eigenvalue weighted by Gasteiger charge is -2.16. The Labute approximate surface area is 124 Å². The first-order chi connectivity index (χ1) is 10.1. The van der Waals surface area contributed by atoms with E-state index >= 15 is 0 Å². The van der Waals surface area contributed by atoms with Crippen molar-refractivity contribution in [1.29, 1.82) is 0 Å². The highest BCUT2D eigenvalue weighted by Crippen LogP contribution is 2.41. The van der Waals surface area contributed by atoms with E-state index in [4.69, 9.17) is 19.9 Å². The summed E-state index contributed by atoms with van der Waals surface area (Å²) >= 11 is 0. The molecule has 0 saturated carbocycles. The molecule has 5 heteroatoms. The second-order valence-electron chi connectivity index (χ2n) is 4.63. The summed E-state index contributed by atoms with van der Waals surface area (Å²) in [7, 11) is 4.75. The molecular formula is C16H20N2O3. The van der Waals surface area contributed by atoms with E-state index in [2.05, 4.69) is 5.32 Å². The Morgan fingerprint density at radius 3 is 2.05 bits per heavy atom. The Bertz CT molecular complexity index is 616. The quantitative estimate of drug-likeness (QED) is 0.826. The summed E-state index contributed by atoms with van der Waals surface area (Å²) < 4.78 is 16.0. The molecule has 0 bridgehead atoms. The Morgan fingerprint density at radius 2 is 1.52 bits per heavy atom. The zero-order valence-corrected chi connectivity index (χ0v) is 12.7. The van der Waals surface area contributed by atoms with Crippen molar-refractivity contribution in [3.63, 3.8) is 0 Å². The minimum Gasteiger partial charge on any atom is -0.493 e. The molecule has 0 unspecified atom stereocenters. The van der Waals surface area contributed by atoms with Crippen molar-refractivity contribution in [2.24, 2.45) is 0 Å². The smallest absolute Gasteiger partial charge is 0.203 e. The van der Waals surface area contributed by atoms with Crippen LogP contribution in [0.1, 0.15) is 5.56 Å². The van der Waals surface area contributed by atoms with Gasteiger partial charge in [0.1, 0.15) is 0 Å². The molecule has 0 saturated heterocycles. The van der Waals surface area contributed by atoms with E-state index in [0.29, 0.717) is 22.9 Å². The number of methoxy groups -OCH3 is 3. The molecule has 3 N–H and O–H groups in total. The van der Waals surface area contributed by atoms with Gasteiger partial charge in [-0.1, -0.05) is 6.07 Å². The number of anilines is 3. The van der Waals surface area contributed by atoms with Crippen molar-refractivity contribution in [1.82, 2.24) is 0 Å². The van der Waals surface area contributed by atoms with Crippen LogP contribution in [0.4, 0.5) is 17.1 Å². The molecule has 5 nitrogen and oxygen atoms in total. The van der Waals surface area contributed by atoms with Gasteiger partial charge < -0.3 is 25.3 Å². The fourth-order valence-corrected chi connectivity index (χ4v) is 2.09. The third-order valence-corrected chi connectivity index (χ3v) is 3.15. The minimum absolute atomic E-state index is 0.558. The number of nitrogens with one attached hydrogen (secondary N) is 1. The second-order valence-corrected chi connectivity index (χ2v) is 4.63. The molecule has 2 rings (SSSR count). The zero-order chi connectivity index (χ0) is 15.4. The summed E-state index contributed by atoms with van der Waals surface area (Å²) in [5, 5.41) is 3.27. The van der Waals surface area contributed by atoms with Crippen LogP contribution in [0, 0.1) is 6.92 Å². The Kier molecular flexibility index (Phi) is 4.42. The minimum atomic E-state index is 0.558. The Morgan fingerprint density at radius 1 is 0.905 bits per heavy atom. The number of aryl methyl sites for hydroxylation is 1. The first-order valence-corrected chi connectivity index (χ1v) is 6.52. The van der Waals surface area contributed by atoms with E-state index in [1.165, 1.54) is 0 Å². The highest BCUT2D eigenvalue weighted by molar-refractivity contribution is 5.75. The zero-order valence-electron chi connectivity index (χ0n) is 12.7. The summed E-state index contributed by atoms with van der Waals surface area (Å²) in [6, 6.07) is 9.50. The van der Waals surface area contributed by atoms with E-state index in [1.54, 1.807) is 21.3 Å². The molecule has 112 valence electrons. The van der Waals surface area contributed by atoms with Gasteiger partial charge in [-0.15, -0.1) is 0 Å². The molecule has 0 atom stereocenters. The maximum atomic E-state index is 5.98. The van der Waals surface area contributed by atoms with Crippen LogP contribution in [0.2, 0.25) is 0 Å². The number of benzene rings is 2. The lowest BCUT2D eigenvalue weighted by Crippen LogP contribution is -2.00.